The number of benzene rings is 1. The smallest absolute Gasteiger partial charge is 0.276 e. The Balaban J connectivity index is 2.04. The highest BCUT2D eigenvalue weighted by Crippen LogP contribution is 2.27. The number of amides is 1. The Bertz CT molecular complexity index is 1020. The summed E-state index contributed by atoms with van der Waals surface area (Å²) in [6.07, 6.45) is 0. The standard InChI is InChI=1S/C18H18ClN3O2S2/c1-18(2,3)21-14(23)10-26-17-20-12-8-9-25-15(12)16(24)22(17)13-7-5-4-6-11(13)19/h4-9H,10H2,1-3H3,(H,21,23). The number of aromatic nitrogens is 2. The molecule has 1 aromatic carbocycles. The topological polar surface area (TPSA) is 64.0 Å². The second-order valence-corrected chi connectivity index (χ2v) is 8.97. The summed E-state index contributed by atoms with van der Waals surface area (Å²) >= 11 is 8.86. The van der Waals surface area contributed by atoms with Gasteiger partial charge in [0.1, 0.15) is 4.70 Å². The number of carbonyl (C=O) groups excluding carboxylic acids is 1. The minimum Gasteiger partial charge on any atom is -0.351 e. The van der Waals surface area contributed by atoms with Crippen molar-refractivity contribution in [1.29, 1.82) is 0 Å². The van der Waals surface area contributed by atoms with E-state index in [0.29, 0.717) is 26.1 Å². The van der Waals surface area contributed by atoms with Crippen LogP contribution in [0.25, 0.3) is 15.9 Å². The Kier molecular flexibility index (Phi) is 5.41. The van der Waals surface area contributed by atoms with Gasteiger partial charge in [-0.15, -0.1) is 11.3 Å². The first-order chi connectivity index (χ1) is 12.3. The van der Waals surface area contributed by atoms with Crippen LogP contribution >= 0.6 is 34.7 Å². The number of nitrogens with zero attached hydrogens (tertiary/aromatic N) is 2. The molecule has 0 atom stereocenters. The highest BCUT2D eigenvalue weighted by molar-refractivity contribution is 7.99. The van der Waals surface area contributed by atoms with Crippen molar-refractivity contribution >= 4 is 50.8 Å². The van der Waals surface area contributed by atoms with Gasteiger partial charge in [-0.1, -0.05) is 35.5 Å². The Morgan fingerprint density at radius 1 is 1.31 bits per heavy atom. The molecule has 1 amide bonds. The van der Waals surface area contributed by atoms with E-state index in [9.17, 15) is 9.59 Å². The van der Waals surface area contributed by atoms with Gasteiger partial charge in [0, 0.05) is 5.54 Å². The summed E-state index contributed by atoms with van der Waals surface area (Å²) in [5.41, 5.74) is 0.685. The van der Waals surface area contributed by atoms with Crippen molar-refractivity contribution in [3.05, 3.63) is 51.1 Å². The zero-order valence-corrected chi connectivity index (χ0v) is 17.0. The van der Waals surface area contributed by atoms with E-state index in [-0.39, 0.29) is 22.8 Å². The lowest BCUT2D eigenvalue weighted by atomic mass is 10.1. The molecule has 1 N–H and O–H groups in total. The van der Waals surface area contributed by atoms with Gasteiger partial charge in [-0.05, 0) is 44.4 Å². The van der Waals surface area contributed by atoms with Crippen LogP contribution in [0, 0.1) is 0 Å². The molecule has 0 saturated carbocycles. The molecular weight excluding hydrogens is 390 g/mol. The number of hydrogen-bond donors (Lipinski definition) is 1. The molecule has 3 rings (SSSR count). The van der Waals surface area contributed by atoms with E-state index in [1.165, 1.54) is 27.7 Å². The molecule has 0 aliphatic carbocycles. The number of carbonyl (C=O) groups is 1. The van der Waals surface area contributed by atoms with E-state index in [0.717, 1.165) is 0 Å². The third kappa shape index (κ3) is 4.11. The summed E-state index contributed by atoms with van der Waals surface area (Å²) in [4.78, 5) is 29.8. The Morgan fingerprint density at radius 3 is 2.73 bits per heavy atom. The first kappa shape index (κ1) is 18.9. The van der Waals surface area contributed by atoms with Gasteiger partial charge in [0.2, 0.25) is 5.91 Å². The fraction of sp³-hybridized carbons (Fsp3) is 0.278. The Morgan fingerprint density at radius 2 is 2.04 bits per heavy atom. The van der Waals surface area contributed by atoms with Crippen LogP contribution < -0.4 is 10.9 Å². The lowest BCUT2D eigenvalue weighted by molar-refractivity contribution is -0.119. The van der Waals surface area contributed by atoms with Gasteiger partial charge < -0.3 is 5.32 Å². The maximum atomic E-state index is 13.0. The Labute approximate surface area is 164 Å². The van der Waals surface area contributed by atoms with Crippen molar-refractivity contribution in [3.8, 4) is 5.69 Å². The van der Waals surface area contributed by atoms with Crippen molar-refractivity contribution in [1.82, 2.24) is 14.9 Å². The molecule has 136 valence electrons. The molecule has 0 saturated heterocycles. The van der Waals surface area contributed by atoms with Crippen LogP contribution in [0.5, 0.6) is 0 Å². The molecule has 5 nitrogen and oxygen atoms in total. The number of nitrogens with one attached hydrogen (secondary N) is 1. The fourth-order valence-corrected chi connectivity index (χ4v) is 4.20. The highest BCUT2D eigenvalue weighted by atomic mass is 35.5. The van der Waals surface area contributed by atoms with Gasteiger partial charge >= 0.3 is 0 Å². The number of para-hydroxylation sites is 1. The SMILES string of the molecule is CC(C)(C)NC(=O)CSc1nc2ccsc2c(=O)n1-c1ccccc1Cl. The normalized spacial score (nSPS) is 11.7. The summed E-state index contributed by atoms with van der Waals surface area (Å²) in [7, 11) is 0. The number of thiophene rings is 1. The molecular formula is C18H18ClN3O2S2. The molecule has 0 aliphatic rings. The molecule has 2 heterocycles. The number of thioether (sulfide) groups is 1. The third-order valence-electron chi connectivity index (χ3n) is 3.39. The number of fused-ring (bicyclic) bond motifs is 1. The van der Waals surface area contributed by atoms with E-state index in [1.807, 2.05) is 32.2 Å². The largest absolute Gasteiger partial charge is 0.351 e. The third-order valence-corrected chi connectivity index (χ3v) is 5.54. The number of hydrogen-bond acceptors (Lipinski definition) is 5. The second kappa shape index (κ2) is 7.42. The van der Waals surface area contributed by atoms with E-state index < -0.39 is 0 Å². The molecule has 3 aromatic rings. The molecule has 8 heteroatoms. The van der Waals surface area contributed by atoms with Crippen molar-refractivity contribution in [2.45, 2.75) is 31.5 Å². The van der Waals surface area contributed by atoms with Gasteiger partial charge in [0.15, 0.2) is 5.16 Å². The summed E-state index contributed by atoms with van der Waals surface area (Å²) in [6, 6.07) is 8.91. The predicted molar refractivity (Wildman–Crippen MR) is 109 cm³/mol. The minimum absolute atomic E-state index is 0.118. The van der Waals surface area contributed by atoms with Gasteiger partial charge in [0.25, 0.3) is 5.56 Å². The zero-order chi connectivity index (χ0) is 18.9. The van der Waals surface area contributed by atoms with Crippen LogP contribution in [0.15, 0.2) is 45.7 Å². The second-order valence-electron chi connectivity index (χ2n) is 6.71. The molecule has 0 aliphatic heterocycles. The van der Waals surface area contributed by atoms with Crippen molar-refractivity contribution in [2.75, 3.05) is 5.75 Å². The van der Waals surface area contributed by atoms with Crippen LogP contribution in [0.1, 0.15) is 20.8 Å². The van der Waals surface area contributed by atoms with E-state index in [2.05, 4.69) is 10.3 Å². The fourth-order valence-electron chi connectivity index (χ4n) is 2.42. The average Bonchev–Trinajstić information content (AvgIpc) is 3.01. The predicted octanol–water partition coefficient (Wildman–Crippen LogP) is 4.11. The zero-order valence-electron chi connectivity index (χ0n) is 14.6. The number of rotatable bonds is 4. The van der Waals surface area contributed by atoms with Crippen molar-refractivity contribution in [3.63, 3.8) is 0 Å². The monoisotopic (exact) mass is 407 g/mol. The van der Waals surface area contributed by atoms with Gasteiger partial charge in [-0.25, -0.2) is 4.98 Å². The molecule has 0 radical (unpaired) electrons. The lowest BCUT2D eigenvalue weighted by Gasteiger charge is -2.20. The van der Waals surface area contributed by atoms with Crippen LogP contribution in [-0.2, 0) is 4.79 Å². The summed E-state index contributed by atoms with van der Waals surface area (Å²) in [5, 5.41) is 5.63. The van der Waals surface area contributed by atoms with Crippen LogP contribution in [0.3, 0.4) is 0 Å². The molecule has 26 heavy (non-hydrogen) atoms. The molecule has 0 fully saturated rings. The maximum Gasteiger partial charge on any atom is 0.276 e. The van der Waals surface area contributed by atoms with E-state index in [4.69, 9.17) is 11.6 Å². The van der Waals surface area contributed by atoms with E-state index in [1.54, 1.807) is 24.3 Å². The van der Waals surface area contributed by atoms with Crippen molar-refractivity contribution in [2.24, 2.45) is 0 Å². The molecule has 0 unspecified atom stereocenters. The lowest BCUT2D eigenvalue weighted by Crippen LogP contribution is -2.41. The first-order valence-corrected chi connectivity index (χ1v) is 10.2. The van der Waals surface area contributed by atoms with Gasteiger partial charge in [-0.2, -0.15) is 0 Å². The quantitative estimate of drug-likeness (QED) is 0.522. The molecule has 0 spiro atoms. The highest BCUT2D eigenvalue weighted by Gasteiger charge is 2.19. The van der Waals surface area contributed by atoms with Gasteiger partial charge in [0.05, 0.1) is 22.0 Å². The van der Waals surface area contributed by atoms with E-state index >= 15 is 0 Å². The summed E-state index contributed by atoms with van der Waals surface area (Å²) in [5.74, 6) is 0.0388. The average molecular weight is 408 g/mol. The Hall–Kier alpha value is -1.83. The van der Waals surface area contributed by atoms with Crippen LogP contribution in [-0.4, -0.2) is 26.8 Å². The molecule has 2 aromatic heterocycles. The van der Waals surface area contributed by atoms with Crippen LogP contribution in [0.2, 0.25) is 5.02 Å². The maximum absolute atomic E-state index is 13.0. The first-order valence-electron chi connectivity index (χ1n) is 7.95. The molecule has 0 bridgehead atoms. The minimum atomic E-state index is -0.315. The summed E-state index contributed by atoms with van der Waals surface area (Å²) in [6.45, 7) is 5.76. The van der Waals surface area contributed by atoms with Gasteiger partial charge in [-0.3, -0.25) is 14.2 Å². The van der Waals surface area contributed by atoms with Crippen LogP contribution in [0.4, 0.5) is 0 Å². The summed E-state index contributed by atoms with van der Waals surface area (Å²) < 4.78 is 2.05. The number of halogens is 1. The van der Waals surface area contributed by atoms with Crippen molar-refractivity contribution < 1.29 is 4.79 Å².